The lowest BCUT2D eigenvalue weighted by Crippen LogP contribution is -2.60. The Morgan fingerprint density at radius 1 is 1.00 bits per heavy atom. The maximum absolute atomic E-state index is 14.3. The van der Waals surface area contributed by atoms with Crippen LogP contribution in [0.4, 0.5) is 0 Å². The van der Waals surface area contributed by atoms with Crippen LogP contribution in [0, 0.1) is 35.5 Å². The van der Waals surface area contributed by atoms with Crippen LogP contribution >= 0.6 is 22.6 Å². The van der Waals surface area contributed by atoms with E-state index in [-0.39, 0.29) is 54.2 Å². The van der Waals surface area contributed by atoms with Gasteiger partial charge in [0.05, 0.1) is 48.6 Å². The van der Waals surface area contributed by atoms with Crippen LogP contribution in [-0.4, -0.2) is 90.9 Å². The number of carbonyl (C=O) groups excluding carboxylic acids is 1. The van der Waals surface area contributed by atoms with E-state index in [1.54, 1.807) is 19.9 Å². The fraction of sp³-hybridized carbons (Fsp3) is 0.897. The first-order chi connectivity index (χ1) is 23.3. The molecule has 17 atom stereocenters. The summed E-state index contributed by atoms with van der Waals surface area (Å²) in [5.74, 6) is -5.33. The second kappa shape index (κ2) is 16.8. The van der Waals surface area contributed by atoms with Crippen LogP contribution < -0.4 is 0 Å². The molecule has 0 amide bonds. The van der Waals surface area contributed by atoms with Crippen molar-refractivity contribution in [3.63, 3.8) is 0 Å². The van der Waals surface area contributed by atoms with Gasteiger partial charge in [-0.25, -0.2) is 0 Å². The van der Waals surface area contributed by atoms with Crippen molar-refractivity contribution in [1.82, 2.24) is 0 Å². The third-order valence-corrected chi connectivity index (χ3v) is 14.3. The SMILES string of the molecule is C=C[C@@]1(O[C@]2([C@@H](C)O)CC[C@@](C)([C@H]3CC[C@@H](I)[C@H](C)O3)O2)O[C@H](C(CC)C(=O)[C@@H](C)[C@@H](O)[C@H](C)[C@@H]2O[C@@H](CC(=O)O)CC[C@@H]2C)[C@@H](C)C[C@H]1C. The zero-order valence-corrected chi connectivity index (χ0v) is 34.0. The summed E-state index contributed by atoms with van der Waals surface area (Å²) < 4.78 is 33.8. The van der Waals surface area contributed by atoms with Crippen molar-refractivity contribution in [2.24, 2.45) is 35.5 Å². The number of aliphatic carboxylic acids is 1. The molecule has 4 aliphatic heterocycles. The van der Waals surface area contributed by atoms with E-state index in [1.807, 2.05) is 27.7 Å². The van der Waals surface area contributed by atoms with Crippen molar-refractivity contribution in [3.05, 3.63) is 12.7 Å². The van der Waals surface area contributed by atoms with Gasteiger partial charge in [0.1, 0.15) is 11.9 Å². The predicted molar refractivity (Wildman–Crippen MR) is 199 cm³/mol. The van der Waals surface area contributed by atoms with Crippen LogP contribution in [0.3, 0.4) is 0 Å². The zero-order valence-electron chi connectivity index (χ0n) is 31.8. The lowest BCUT2D eigenvalue weighted by Gasteiger charge is -2.52. The van der Waals surface area contributed by atoms with E-state index in [9.17, 15) is 24.9 Å². The van der Waals surface area contributed by atoms with Gasteiger partial charge in [0.2, 0.25) is 0 Å². The van der Waals surface area contributed by atoms with Gasteiger partial charge < -0.3 is 39.0 Å². The third kappa shape index (κ3) is 8.66. The number of Topliss-reactive ketones (excluding diaryl/α,β-unsaturated/α-hetero) is 1. The molecule has 3 N–H and O–H groups in total. The van der Waals surface area contributed by atoms with Gasteiger partial charge in [0.15, 0.2) is 11.6 Å². The summed E-state index contributed by atoms with van der Waals surface area (Å²) in [5, 5.41) is 32.2. The number of aliphatic hydroxyl groups excluding tert-OH is 2. The number of carbonyl (C=O) groups is 2. The van der Waals surface area contributed by atoms with E-state index in [1.165, 1.54) is 0 Å². The molecular weight excluding hydrogens is 755 g/mol. The molecule has 0 aromatic heterocycles. The Labute approximate surface area is 313 Å². The van der Waals surface area contributed by atoms with Gasteiger partial charge in [-0.3, -0.25) is 9.59 Å². The fourth-order valence-corrected chi connectivity index (χ4v) is 9.77. The number of hydrogen-bond acceptors (Lipinski definition) is 9. The van der Waals surface area contributed by atoms with Crippen LogP contribution in [-0.2, 0) is 33.3 Å². The number of aliphatic hydroxyl groups is 2. The first-order valence-corrected chi connectivity index (χ1v) is 20.4. The van der Waals surface area contributed by atoms with Crippen molar-refractivity contribution in [2.45, 2.75) is 184 Å². The van der Waals surface area contributed by atoms with E-state index in [4.69, 9.17) is 23.7 Å². The monoisotopic (exact) mass is 820 g/mol. The Balaban J connectivity index is 1.53. The summed E-state index contributed by atoms with van der Waals surface area (Å²) in [6.45, 7) is 21.8. The van der Waals surface area contributed by atoms with E-state index in [0.717, 1.165) is 19.3 Å². The highest BCUT2D eigenvalue weighted by Crippen LogP contribution is 2.52. The Hall–Kier alpha value is -0.670. The summed E-state index contributed by atoms with van der Waals surface area (Å²) in [4.78, 5) is 25.7. The van der Waals surface area contributed by atoms with E-state index in [0.29, 0.717) is 36.0 Å². The largest absolute Gasteiger partial charge is 0.481 e. The lowest BCUT2D eigenvalue weighted by atomic mass is 9.73. The number of hydrogen-bond donors (Lipinski definition) is 3. The Kier molecular flexibility index (Phi) is 14.1. The summed E-state index contributed by atoms with van der Waals surface area (Å²) in [5.41, 5.74) is -0.660. The minimum atomic E-state index is -1.37. The summed E-state index contributed by atoms with van der Waals surface area (Å²) in [6, 6.07) is 0. The van der Waals surface area contributed by atoms with Gasteiger partial charge in [-0.2, -0.15) is 0 Å². The molecule has 1 unspecified atom stereocenters. The minimum absolute atomic E-state index is 0.00595. The number of carboxylic acids is 1. The standard InChI is InChI=1S/C39H65IO10/c1-11-29(34(45)24(6)33(44)25(7)35-21(3)13-14-28(47-35)20-32(42)43)36-22(4)19-23(5)38(12-2,48-36)50-39(27(9)41)18-17-37(10,49-39)31-16-15-30(40)26(8)46-31/h12,21-31,33,35-36,41,44H,2,11,13-20H2,1,3-10H3,(H,42,43)/t21-,22-,23+,24-,25-,26-,27+,28+,29?,30+,31+,33+,35+,36-,37-,38-,39-/m0/s1. The van der Waals surface area contributed by atoms with Gasteiger partial charge in [-0.1, -0.05) is 70.7 Å². The van der Waals surface area contributed by atoms with Crippen LogP contribution in [0.2, 0.25) is 0 Å². The molecule has 0 aliphatic carbocycles. The molecule has 0 saturated carbocycles. The second-order valence-electron chi connectivity index (χ2n) is 16.5. The smallest absolute Gasteiger partial charge is 0.305 e. The van der Waals surface area contributed by atoms with Crippen LogP contribution in [0.5, 0.6) is 0 Å². The van der Waals surface area contributed by atoms with E-state index < -0.39 is 59.4 Å². The maximum Gasteiger partial charge on any atom is 0.305 e. The molecule has 4 aliphatic rings. The topological polar surface area (TPSA) is 141 Å². The summed E-state index contributed by atoms with van der Waals surface area (Å²) in [7, 11) is 0. The first kappa shape index (κ1) is 42.1. The molecule has 11 heteroatoms. The third-order valence-electron chi connectivity index (χ3n) is 12.7. The molecule has 0 radical (unpaired) electrons. The molecule has 4 saturated heterocycles. The van der Waals surface area contributed by atoms with Crippen molar-refractivity contribution < 1.29 is 48.6 Å². The highest BCUT2D eigenvalue weighted by molar-refractivity contribution is 14.1. The Bertz CT molecular complexity index is 1180. The quantitative estimate of drug-likeness (QED) is 0.0969. The Morgan fingerprint density at radius 2 is 1.68 bits per heavy atom. The molecule has 4 fully saturated rings. The summed E-state index contributed by atoms with van der Waals surface area (Å²) >= 11 is 2.45. The molecule has 288 valence electrons. The molecule has 0 bridgehead atoms. The number of alkyl halides is 1. The molecular formula is C39H65IO10. The molecule has 0 aromatic rings. The Morgan fingerprint density at radius 3 is 2.26 bits per heavy atom. The number of ether oxygens (including phenoxy) is 5. The normalized spacial score (nSPS) is 44.1. The molecule has 0 spiro atoms. The van der Waals surface area contributed by atoms with Crippen molar-refractivity contribution in [3.8, 4) is 0 Å². The first-order valence-electron chi connectivity index (χ1n) is 19.1. The van der Waals surface area contributed by atoms with Crippen LogP contribution in [0.15, 0.2) is 12.7 Å². The molecule has 0 aromatic carbocycles. The fourth-order valence-electron chi connectivity index (χ4n) is 9.25. The summed E-state index contributed by atoms with van der Waals surface area (Å²) in [6.07, 6.45) is 3.94. The maximum atomic E-state index is 14.3. The van der Waals surface area contributed by atoms with Crippen LogP contribution in [0.1, 0.15) is 120 Å². The highest BCUT2D eigenvalue weighted by Gasteiger charge is 2.60. The highest BCUT2D eigenvalue weighted by atomic mass is 127. The van der Waals surface area contributed by atoms with Gasteiger partial charge in [-0.15, -0.1) is 0 Å². The van der Waals surface area contributed by atoms with E-state index in [2.05, 4.69) is 49.9 Å². The van der Waals surface area contributed by atoms with E-state index >= 15 is 0 Å². The zero-order chi connectivity index (χ0) is 37.3. The van der Waals surface area contributed by atoms with Gasteiger partial charge in [0.25, 0.3) is 0 Å². The molecule has 10 nitrogen and oxygen atoms in total. The van der Waals surface area contributed by atoms with Gasteiger partial charge in [0, 0.05) is 34.0 Å². The lowest BCUT2D eigenvalue weighted by molar-refractivity contribution is -0.404. The minimum Gasteiger partial charge on any atom is -0.481 e. The number of halogens is 1. The van der Waals surface area contributed by atoms with Crippen molar-refractivity contribution in [1.29, 1.82) is 0 Å². The number of rotatable bonds is 14. The number of ketones is 1. The molecule has 50 heavy (non-hydrogen) atoms. The number of carboxylic acid groups (broad SMARTS) is 1. The predicted octanol–water partition coefficient (Wildman–Crippen LogP) is 6.85. The van der Waals surface area contributed by atoms with Crippen molar-refractivity contribution >= 4 is 34.3 Å². The average molecular weight is 821 g/mol. The van der Waals surface area contributed by atoms with Gasteiger partial charge >= 0.3 is 5.97 Å². The molecule has 4 heterocycles. The van der Waals surface area contributed by atoms with Gasteiger partial charge in [-0.05, 0) is 83.6 Å². The molecule has 4 rings (SSSR count). The second-order valence-corrected chi connectivity index (χ2v) is 18.1. The van der Waals surface area contributed by atoms with Crippen molar-refractivity contribution in [2.75, 3.05) is 0 Å². The average Bonchev–Trinajstić information content (AvgIpc) is 3.42. The van der Waals surface area contributed by atoms with Crippen LogP contribution in [0.25, 0.3) is 0 Å².